The van der Waals surface area contributed by atoms with Crippen molar-refractivity contribution in [2.45, 2.75) is 32.6 Å². The van der Waals surface area contributed by atoms with Crippen molar-refractivity contribution in [3.8, 4) is 0 Å². The number of hydrogen-bond donors (Lipinski definition) is 2. The molecular formula is C18H19N3O. The van der Waals surface area contributed by atoms with Crippen LogP contribution in [0.3, 0.4) is 0 Å². The Bertz CT molecular complexity index is 843. The molecule has 2 N–H and O–H groups in total. The largest absolute Gasteiger partial charge is 0.358 e. The van der Waals surface area contributed by atoms with Crippen LogP contribution in [-0.4, -0.2) is 20.7 Å². The Balaban J connectivity index is 1.60. The summed E-state index contributed by atoms with van der Waals surface area (Å²) in [6.45, 7) is 2.03. The van der Waals surface area contributed by atoms with Gasteiger partial charge in [-0.2, -0.15) is 0 Å². The van der Waals surface area contributed by atoms with Gasteiger partial charge in [-0.25, -0.2) is 4.98 Å². The van der Waals surface area contributed by atoms with Gasteiger partial charge >= 0.3 is 0 Å². The number of Topliss-reactive ketones (excluding diaryl/α,β-unsaturated/α-hetero) is 1. The minimum Gasteiger partial charge on any atom is -0.358 e. The number of aryl methyl sites for hydroxylation is 3. The van der Waals surface area contributed by atoms with Crippen molar-refractivity contribution in [1.29, 1.82) is 0 Å². The smallest absolute Gasteiger partial charge is 0.168 e. The van der Waals surface area contributed by atoms with Crippen LogP contribution in [0.1, 0.15) is 40.3 Å². The molecule has 4 nitrogen and oxygen atoms in total. The van der Waals surface area contributed by atoms with Gasteiger partial charge in [0.1, 0.15) is 0 Å². The molecule has 1 aliphatic carbocycles. The first kappa shape index (κ1) is 13.3. The van der Waals surface area contributed by atoms with E-state index in [1.807, 2.05) is 31.2 Å². The topological polar surface area (TPSA) is 61.5 Å². The molecule has 1 aliphatic rings. The molecule has 0 fully saturated rings. The van der Waals surface area contributed by atoms with E-state index in [1.54, 1.807) is 6.33 Å². The van der Waals surface area contributed by atoms with Gasteiger partial charge in [-0.3, -0.25) is 4.79 Å². The van der Waals surface area contributed by atoms with E-state index in [1.165, 1.54) is 0 Å². The monoisotopic (exact) mass is 293 g/mol. The molecule has 1 unspecified atom stereocenters. The Kier molecular flexibility index (Phi) is 3.10. The number of carbonyl (C=O) groups is 1. The fourth-order valence-corrected chi connectivity index (χ4v) is 3.55. The highest BCUT2D eigenvalue weighted by Crippen LogP contribution is 2.33. The van der Waals surface area contributed by atoms with Crippen molar-refractivity contribution in [1.82, 2.24) is 15.0 Å². The summed E-state index contributed by atoms with van der Waals surface area (Å²) in [7, 11) is 0. The highest BCUT2D eigenvalue weighted by molar-refractivity contribution is 6.11. The lowest BCUT2D eigenvalue weighted by Gasteiger charge is -2.21. The lowest BCUT2D eigenvalue weighted by atomic mass is 9.82. The number of para-hydroxylation sites is 1. The quantitative estimate of drug-likeness (QED) is 0.775. The summed E-state index contributed by atoms with van der Waals surface area (Å²) in [4.78, 5) is 23.7. The molecule has 0 spiro atoms. The summed E-state index contributed by atoms with van der Waals surface area (Å²) in [6, 6.07) is 8.10. The van der Waals surface area contributed by atoms with Crippen LogP contribution in [-0.2, 0) is 12.8 Å². The van der Waals surface area contributed by atoms with E-state index in [2.05, 4.69) is 15.0 Å². The predicted molar refractivity (Wildman–Crippen MR) is 86.1 cm³/mol. The molecule has 0 bridgehead atoms. The maximum absolute atomic E-state index is 12.9. The van der Waals surface area contributed by atoms with Crippen LogP contribution in [0, 0.1) is 12.8 Å². The van der Waals surface area contributed by atoms with E-state index in [4.69, 9.17) is 0 Å². The number of nitrogens with one attached hydrogen (secondary N) is 2. The summed E-state index contributed by atoms with van der Waals surface area (Å²) in [5, 5.41) is 1.07. The highest BCUT2D eigenvalue weighted by Gasteiger charge is 2.30. The van der Waals surface area contributed by atoms with Gasteiger partial charge in [0.2, 0.25) is 0 Å². The number of nitrogens with zero attached hydrogens (tertiary/aromatic N) is 1. The zero-order valence-electron chi connectivity index (χ0n) is 12.6. The average molecular weight is 293 g/mol. The first-order valence-corrected chi connectivity index (χ1v) is 7.86. The van der Waals surface area contributed by atoms with Crippen LogP contribution in [0.15, 0.2) is 30.6 Å². The molecule has 2 aromatic heterocycles. The Morgan fingerprint density at radius 2 is 2.18 bits per heavy atom. The van der Waals surface area contributed by atoms with Crippen molar-refractivity contribution in [2.24, 2.45) is 5.92 Å². The molecule has 1 aromatic carbocycles. The normalized spacial score (nSPS) is 17.9. The molecule has 0 saturated carbocycles. The van der Waals surface area contributed by atoms with Gasteiger partial charge in [0.25, 0.3) is 0 Å². The van der Waals surface area contributed by atoms with E-state index < -0.39 is 0 Å². The van der Waals surface area contributed by atoms with Crippen molar-refractivity contribution in [2.75, 3.05) is 0 Å². The van der Waals surface area contributed by atoms with Gasteiger partial charge in [-0.1, -0.05) is 18.2 Å². The number of rotatable bonds is 3. The molecule has 1 atom stereocenters. The SMILES string of the molecule is Cc1[nH]cnc1CCC1CCc2[nH]c3ccccc3c2C1=O. The van der Waals surface area contributed by atoms with Crippen LogP contribution < -0.4 is 0 Å². The van der Waals surface area contributed by atoms with Crippen molar-refractivity contribution >= 4 is 16.7 Å². The Morgan fingerprint density at radius 1 is 1.32 bits per heavy atom. The third-order valence-corrected chi connectivity index (χ3v) is 4.81. The maximum atomic E-state index is 12.9. The molecule has 0 saturated heterocycles. The second-order valence-electron chi connectivity index (χ2n) is 6.14. The third kappa shape index (κ3) is 2.06. The van der Waals surface area contributed by atoms with Crippen LogP contribution in [0.25, 0.3) is 10.9 Å². The number of fused-ring (bicyclic) bond motifs is 3. The number of hydrogen-bond acceptors (Lipinski definition) is 2. The van der Waals surface area contributed by atoms with Crippen molar-refractivity contribution in [3.05, 3.63) is 53.2 Å². The van der Waals surface area contributed by atoms with E-state index >= 15 is 0 Å². The second-order valence-corrected chi connectivity index (χ2v) is 6.14. The predicted octanol–water partition coefficient (Wildman–Crippen LogP) is 3.58. The molecule has 3 aromatic rings. The minimum atomic E-state index is 0.114. The zero-order chi connectivity index (χ0) is 15.1. The highest BCUT2D eigenvalue weighted by atomic mass is 16.1. The summed E-state index contributed by atoms with van der Waals surface area (Å²) < 4.78 is 0. The number of aromatic amines is 2. The standard InChI is InChI=1S/C18H19N3O/c1-11-14(20-10-19-11)8-6-12-7-9-16-17(18(12)22)13-4-2-3-5-15(13)21-16/h2-5,10,12,21H,6-9H2,1H3,(H,19,20). The number of aromatic nitrogens is 3. The molecular weight excluding hydrogens is 274 g/mol. The summed E-state index contributed by atoms with van der Waals surface area (Å²) in [6.07, 6.45) is 5.36. The molecule has 0 amide bonds. The fourth-order valence-electron chi connectivity index (χ4n) is 3.55. The second kappa shape index (κ2) is 5.13. The number of imidazole rings is 1. The van der Waals surface area contributed by atoms with E-state index in [9.17, 15) is 4.79 Å². The summed E-state index contributed by atoms with van der Waals surface area (Å²) in [5.74, 6) is 0.412. The fraction of sp³-hybridized carbons (Fsp3) is 0.333. The van der Waals surface area contributed by atoms with Gasteiger partial charge in [-0.15, -0.1) is 0 Å². The first-order chi connectivity index (χ1) is 10.7. The number of ketones is 1. The first-order valence-electron chi connectivity index (χ1n) is 7.86. The lowest BCUT2D eigenvalue weighted by molar-refractivity contribution is 0.0896. The lowest BCUT2D eigenvalue weighted by Crippen LogP contribution is -2.22. The Labute approximate surface area is 129 Å². The van der Waals surface area contributed by atoms with Gasteiger partial charge in [0.15, 0.2) is 5.78 Å². The van der Waals surface area contributed by atoms with Gasteiger partial charge in [0, 0.05) is 33.8 Å². The van der Waals surface area contributed by atoms with Crippen LogP contribution in [0.5, 0.6) is 0 Å². The van der Waals surface area contributed by atoms with Gasteiger partial charge in [0.05, 0.1) is 12.0 Å². The summed E-state index contributed by atoms with van der Waals surface area (Å²) in [5.41, 5.74) is 5.29. The van der Waals surface area contributed by atoms with Crippen LogP contribution in [0.4, 0.5) is 0 Å². The molecule has 0 radical (unpaired) electrons. The molecule has 4 rings (SSSR count). The number of carbonyl (C=O) groups excluding carboxylic acids is 1. The van der Waals surface area contributed by atoms with E-state index in [0.29, 0.717) is 5.78 Å². The average Bonchev–Trinajstić information content (AvgIpc) is 3.10. The zero-order valence-corrected chi connectivity index (χ0v) is 12.6. The molecule has 2 heterocycles. The number of benzene rings is 1. The van der Waals surface area contributed by atoms with Crippen molar-refractivity contribution in [3.63, 3.8) is 0 Å². The third-order valence-electron chi connectivity index (χ3n) is 4.81. The van der Waals surface area contributed by atoms with Crippen LogP contribution >= 0.6 is 0 Å². The summed E-state index contributed by atoms with van der Waals surface area (Å²) >= 11 is 0. The van der Waals surface area contributed by atoms with Gasteiger partial charge < -0.3 is 9.97 Å². The molecule has 4 heteroatoms. The Morgan fingerprint density at radius 3 is 3.00 bits per heavy atom. The van der Waals surface area contributed by atoms with E-state index in [-0.39, 0.29) is 5.92 Å². The van der Waals surface area contributed by atoms with Crippen molar-refractivity contribution < 1.29 is 4.79 Å². The Hall–Kier alpha value is -2.36. The maximum Gasteiger partial charge on any atom is 0.168 e. The number of H-pyrrole nitrogens is 2. The molecule has 22 heavy (non-hydrogen) atoms. The minimum absolute atomic E-state index is 0.114. The van der Waals surface area contributed by atoms with Gasteiger partial charge in [-0.05, 0) is 38.7 Å². The van der Waals surface area contributed by atoms with Crippen LogP contribution in [0.2, 0.25) is 0 Å². The molecule has 0 aliphatic heterocycles. The molecule has 112 valence electrons. The van der Waals surface area contributed by atoms with E-state index in [0.717, 1.165) is 59.2 Å².